The van der Waals surface area contributed by atoms with E-state index in [0.717, 1.165) is 31.6 Å². The molecule has 2 aliphatic rings. The molecular weight excluding hydrogens is 193 g/mol. The zero-order chi connectivity index (χ0) is 10.3. The summed E-state index contributed by atoms with van der Waals surface area (Å²) in [5, 5.41) is 3.33. The van der Waals surface area contributed by atoms with E-state index in [-0.39, 0.29) is 11.9 Å². The lowest BCUT2D eigenvalue weighted by atomic mass is 9.89. The van der Waals surface area contributed by atoms with Gasteiger partial charge in [0.2, 0.25) is 0 Å². The Morgan fingerprint density at radius 3 is 3.00 bits per heavy atom. The number of rotatable bonds is 1. The zero-order valence-corrected chi connectivity index (χ0v) is 8.50. The molecule has 0 amide bonds. The van der Waals surface area contributed by atoms with Crippen LogP contribution in [0.15, 0.2) is 18.2 Å². The molecule has 0 radical (unpaired) electrons. The summed E-state index contributed by atoms with van der Waals surface area (Å²) in [6.07, 6.45) is 2.08. The summed E-state index contributed by atoms with van der Waals surface area (Å²) in [7, 11) is 0. The molecule has 0 aliphatic carbocycles. The van der Waals surface area contributed by atoms with Gasteiger partial charge in [-0.3, -0.25) is 0 Å². The molecule has 3 rings (SSSR count). The fourth-order valence-corrected chi connectivity index (χ4v) is 2.35. The summed E-state index contributed by atoms with van der Waals surface area (Å²) < 4.78 is 18.9. The van der Waals surface area contributed by atoms with Crippen molar-refractivity contribution in [3.8, 4) is 0 Å². The largest absolute Gasteiger partial charge is 0.372 e. The number of halogens is 1. The molecule has 80 valence electrons. The van der Waals surface area contributed by atoms with E-state index in [1.165, 1.54) is 11.6 Å². The monoisotopic (exact) mass is 207 g/mol. The third-order valence-electron chi connectivity index (χ3n) is 3.31. The molecule has 1 fully saturated rings. The number of fused-ring (bicyclic) bond motifs is 1. The van der Waals surface area contributed by atoms with Gasteiger partial charge in [-0.2, -0.15) is 0 Å². The molecule has 1 N–H and O–H groups in total. The Balaban J connectivity index is 1.96. The van der Waals surface area contributed by atoms with Gasteiger partial charge in [-0.25, -0.2) is 4.39 Å². The molecule has 2 aliphatic heterocycles. The van der Waals surface area contributed by atoms with E-state index in [4.69, 9.17) is 4.74 Å². The van der Waals surface area contributed by atoms with E-state index < -0.39 is 0 Å². The van der Waals surface area contributed by atoms with Crippen molar-refractivity contribution in [1.29, 1.82) is 0 Å². The molecule has 15 heavy (non-hydrogen) atoms. The average molecular weight is 207 g/mol. The molecule has 2 heterocycles. The van der Waals surface area contributed by atoms with Crippen LogP contribution in [-0.4, -0.2) is 19.2 Å². The van der Waals surface area contributed by atoms with Crippen LogP contribution in [0.1, 0.15) is 23.7 Å². The van der Waals surface area contributed by atoms with Crippen molar-refractivity contribution in [3.63, 3.8) is 0 Å². The van der Waals surface area contributed by atoms with Gasteiger partial charge in [0.15, 0.2) is 0 Å². The number of hydrogen-bond acceptors (Lipinski definition) is 2. The minimum Gasteiger partial charge on any atom is -0.372 e. The minimum absolute atomic E-state index is 0.0539. The van der Waals surface area contributed by atoms with Crippen LogP contribution in [0.25, 0.3) is 0 Å². The number of hydrogen-bond donors (Lipinski definition) is 1. The smallest absolute Gasteiger partial charge is 0.123 e. The van der Waals surface area contributed by atoms with Crippen LogP contribution >= 0.6 is 0 Å². The number of ether oxygens (including phenoxy) is 1. The highest BCUT2D eigenvalue weighted by atomic mass is 19.1. The van der Waals surface area contributed by atoms with Gasteiger partial charge in [-0.15, -0.1) is 0 Å². The van der Waals surface area contributed by atoms with E-state index in [1.54, 1.807) is 6.07 Å². The van der Waals surface area contributed by atoms with Gasteiger partial charge in [-0.1, -0.05) is 6.07 Å². The SMILES string of the molecule is Fc1ccc2c(c1)[C@H]([C@@H]1CCN1)OCC2. The molecule has 1 saturated heterocycles. The first-order valence-corrected chi connectivity index (χ1v) is 5.48. The van der Waals surface area contributed by atoms with Crippen LogP contribution in [0.5, 0.6) is 0 Å². The standard InChI is InChI=1S/C12H14FNO/c13-9-2-1-8-4-6-15-12(10(8)7-9)11-3-5-14-11/h1-2,7,11-12,14H,3-6H2/t11-,12+/m0/s1. The predicted octanol–water partition coefficient (Wildman–Crippen LogP) is 1.80. The van der Waals surface area contributed by atoms with Crippen molar-refractivity contribution in [2.45, 2.75) is 25.0 Å². The van der Waals surface area contributed by atoms with Crippen LogP contribution in [0.3, 0.4) is 0 Å². The van der Waals surface area contributed by atoms with E-state index in [2.05, 4.69) is 5.32 Å². The van der Waals surface area contributed by atoms with Crippen LogP contribution < -0.4 is 5.32 Å². The van der Waals surface area contributed by atoms with Gasteiger partial charge in [0.25, 0.3) is 0 Å². The average Bonchev–Trinajstić information content (AvgIpc) is 2.16. The molecule has 2 nitrogen and oxygen atoms in total. The molecule has 2 atom stereocenters. The maximum absolute atomic E-state index is 13.2. The lowest BCUT2D eigenvalue weighted by Crippen LogP contribution is -2.48. The maximum atomic E-state index is 13.2. The van der Waals surface area contributed by atoms with Crippen LogP contribution in [0, 0.1) is 5.82 Å². The van der Waals surface area contributed by atoms with Crippen molar-refractivity contribution in [2.75, 3.05) is 13.2 Å². The highest BCUT2D eigenvalue weighted by Crippen LogP contribution is 2.33. The Hall–Kier alpha value is -0.930. The van der Waals surface area contributed by atoms with Crippen molar-refractivity contribution >= 4 is 0 Å². The Labute approximate surface area is 88.4 Å². The molecule has 1 aromatic carbocycles. The summed E-state index contributed by atoms with van der Waals surface area (Å²) in [5.74, 6) is -0.163. The normalized spacial score (nSPS) is 29.4. The summed E-state index contributed by atoms with van der Waals surface area (Å²) in [4.78, 5) is 0. The van der Waals surface area contributed by atoms with Crippen LogP contribution in [0.2, 0.25) is 0 Å². The van der Waals surface area contributed by atoms with E-state index >= 15 is 0 Å². The second kappa shape index (κ2) is 3.58. The summed E-state index contributed by atoms with van der Waals surface area (Å²) in [5.41, 5.74) is 2.28. The molecule has 1 aromatic rings. The van der Waals surface area contributed by atoms with Crippen molar-refractivity contribution in [3.05, 3.63) is 35.1 Å². The third kappa shape index (κ3) is 1.56. The second-order valence-corrected chi connectivity index (χ2v) is 4.23. The van der Waals surface area contributed by atoms with Gasteiger partial charge in [0.1, 0.15) is 5.82 Å². The highest BCUT2D eigenvalue weighted by Gasteiger charge is 2.32. The Kier molecular flexibility index (Phi) is 2.22. The first-order chi connectivity index (χ1) is 7.34. The Morgan fingerprint density at radius 1 is 1.40 bits per heavy atom. The molecule has 0 aromatic heterocycles. The zero-order valence-electron chi connectivity index (χ0n) is 8.50. The fourth-order valence-electron chi connectivity index (χ4n) is 2.35. The van der Waals surface area contributed by atoms with E-state index in [9.17, 15) is 4.39 Å². The second-order valence-electron chi connectivity index (χ2n) is 4.23. The van der Waals surface area contributed by atoms with Crippen LogP contribution in [-0.2, 0) is 11.2 Å². The van der Waals surface area contributed by atoms with Crippen molar-refractivity contribution < 1.29 is 9.13 Å². The van der Waals surface area contributed by atoms with Gasteiger partial charge in [0.05, 0.1) is 12.7 Å². The van der Waals surface area contributed by atoms with Gasteiger partial charge in [-0.05, 0) is 42.6 Å². The summed E-state index contributed by atoms with van der Waals surface area (Å²) in [6.45, 7) is 1.80. The van der Waals surface area contributed by atoms with E-state index in [1.807, 2.05) is 6.07 Å². The Morgan fingerprint density at radius 2 is 2.27 bits per heavy atom. The van der Waals surface area contributed by atoms with Crippen LogP contribution in [0.4, 0.5) is 4.39 Å². The first kappa shape index (κ1) is 9.31. The lowest BCUT2D eigenvalue weighted by molar-refractivity contribution is -0.00171. The molecule has 0 unspecified atom stereocenters. The molecular formula is C12H14FNO. The molecule has 0 bridgehead atoms. The number of nitrogens with one attached hydrogen (secondary N) is 1. The topological polar surface area (TPSA) is 21.3 Å². The maximum Gasteiger partial charge on any atom is 0.123 e. The van der Waals surface area contributed by atoms with Gasteiger partial charge < -0.3 is 10.1 Å². The van der Waals surface area contributed by atoms with Gasteiger partial charge >= 0.3 is 0 Å². The molecule has 0 saturated carbocycles. The van der Waals surface area contributed by atoms with Gasteiger partial charge in [0, 0.05) is 6.04 Å². The summed E-state index contributed by atoms with van der Waals surface area (Å²) in [6, 6.07) is 5.43. The quantitative estimate of drug-likeness (QED) is 0.758. The minimum atomic E-state index is -0.163. The van der Waals surface area contributed by atoms with E-state index in [0.29, 0.717) is 6.04 Å². The third-order valence-corrected chi connectivity index (χ3v) is 3.31. The first-order valence-electron chi connectivity index (χ1n) is 5.48. The number of benzene rings is 1. The molecule has 3 heteroatoms. The van der Waals surface area contributed by atoms with Crippen molar-refractivity contribution in [1.82, 2.24) is 5.32 Å². The lowest BCUT2D eigenvalue weighted by Gasteiger charge is -2.38. The highest BCUT2D eigenvalue weighted by molar-refractivity contribution is 5.33. The Bertz CT molecular complexity index is 376. The fraction of sp³-hybridized carbons (Fsp3) is 0.500. The predicted molar refractivity (Wildman–Crippen MR) is 55.2 cm³/mol. The molecule has 0 spiro atoms. The summed E-state index contributed by atoms with van der Waals surface area (Å²) >= 11 is 0. The van der Waals surface area contributed by atoms with Crippen molar-refractivity contribution in [2.24, 2.45) is 0 Å².